The number of rotatable bonds is 5. The van der Waals surface area contributed by atoms with Crippen LogP contribution < -0.4 is 4.74 Å². The molecule has 0 aliphatic carbocycles. The van der Waals surface area contributed by atoms with Gasteiger partial charge >= 0.3 is 5.97 Å². The zero-order valence-electron chi connectivity index (χ0n) is 16.3. The third kappa shape index (κ3) is 4.63. The van der Waals surface area contributed by atoms with Crippen LogP contribution in [0.5, 0.6) is 11.5 Å². The first-order valence-corrected chi connectivity index (χ1v) is 9.77. The minimum absolute atomic E-state index is 0.00511. The molecule has 1 aliphatic heterocycles. The Kier molecular flexibility index (Phi) is 6.29. The quantitative estimate of drug-likeness (QED) is 0.680. The molecule has 150 valence electrons. The van der Waals surface area contributed by atoms with Gasteiger partial charge in [0.05, 0.1) is 24.3 Å². The number of aliphatic imine (C=N–C) groups is 1. The van der Waals surface area contributed by atoms with E-state index in [4.69, 9.17) is 9.47 Å². The van der Waals surface area contributed by atoms with Gasteiger partial charge in [-0.2, -0.15) is 0 Å². The SMILES string of the molecule is CCOC(=O)C1=C(O)/C(=C\c2ccc(C)cc2O)SC1=Nc1ccc(OC)cc1. The maximum atomic E-state index is 12.4. The summed E-state index contributed by atoms with van der Waals surface area (Å²) >= 11 is 1.14. The van der Waals surface area contributed by atoms with Crippen LogP contribution in [0.3, 0.4) is 0 Å². The van der Waals surface area contributed by atoms with Gasteiger partial charge in [-0.3, -0.25) is 0 Å². The number of esters is 1. The van der Waals surface area contributed by atoms with E-state index in [1.165, 1.54) is 0 Å². The van der Waals surface area contributed by atoms with Gasteiger partial charge in [0.2, 0.25) is 0 Å². The summed E-state index contributed by atoms with van der Waals surface area (Å²) in [6.45, 7) is 3.74. The van der Waals surface area contributed by atoms with E-state index >= 15 is 0 Å². The van der Waals surface area contributed by atoms with E-state index in [9.17, 15) is 15.0 Å². The van der Waals surface area contributed by atoms with Crippen LogP contribution in [0.25, 0.3) is 6.08 Å². The van der Waals surface area contributed by atoms with Crippen LogP contribution in [-0.2, 0) is 9.53 Å². The molecule has 7 heteroatoms. The van der Waals surface area contributed by atoms with E-state index in [0.717, 1.165) is 17.3 Å². The molecule has 0 spiro atoms. The Labute approximate surface area is 173 Å². The summed E-state index contributed by atoms with van der Waals surface area (Å²) in [4.78, 5) is 17.3. The number of nitrogens with zero attached hydrogens (tertiary/aromatic N) is 1. The highest BCUT2D eigenvalue weighted by Gasteiger charge is 2.33. The van der Waals surface area contributed by atoms with Crippen molar-refractivity contribution in [2.24, 2.45) is 4.99 Å². The summed E-state index contributed by atoms with van der Waals surface area (Å²) in [6, 6.07) is 12.2. The van der Waals surface area contributed by atoms with Crippen LogP contribution in [0.4, 0.5) is 5.69 Å². The van der Waals surface area contributed by atoms with Crippen LogP contribution in [0.15, 0.2) is 63.7 Å². The van der Waals surface area contributed by atoms with Gasteiger partial charge in [-0.25, -0.2) is 9.79 Å². The van der Waals surface area contributed by atoms with Crippen molar-refractivity contribution < 1.29 is 24.5 Å². The lowest BCUT2D eigenvalue weighted by Gasteiger charge is -2.04. The number of phenols is 1. The summed E-state index contributed by atoms with van der Waals surface area (Å²) in [5.41, 5.74) is 2.05. The number of aromatic hydroxyl groups is 1. The van der Waals surface area contributed by atoms with Crippen LogP contribution in [0.1, 0.15) is 18.1 Å². The third-order valence-corrected chi connectivity index (χ3v) is 5.17. The summed E-state index contributed by atoms with van der Waals surface area (Å²) in [5, 5.41) is 21.2. The number of aliphatic hydroxyl groups excluding tert-OH is 1. The minimum atomic E-state index is -0.652. The lowest BCUT2D eigenvalue weighted by Crippen LogP contribution is -2.12. The number of aryl methyl sites for hydroxylation is 1. The van der Waals surface area contributed by atoms with E-state index in [0.29, 0.717) is 26.9 Å². The van der Waals surface area contributed by atoms with Gasteiger partial charge in [-0.15, -0.1) is 0 Å². The molecule has 0 saturated carbocycles. The molecule has 2 N–H and O–H groups in total. The van der Waals surface area contributed by atoms with Crippen LogP contribution >= 0.6 is 11.8 Å². The normalized spacial score (nSPS) is 16.5. The Morgan fingerprint density at radius 2 is 1.90 bits per heavy atom. The molecule has 0 aromatic heterocycles. The van der Waals surface area contributed by atoms with Gasteiger partial charge in [-0.1, -0.05) is 23.9 Å². The van der Waals surface area contributed by atoms with Crippen molar-refractivity contribution in [3.05, 3.63) is 69.8 Å². The monoisotopic (exact) mass is 411 g/mol. The van der Waals surface area contributed by atoms with Crippen molar-refractivity contribution in [2.75, 3.05) is 13.7 Å². The van der Waals surface area contributed by atoms with Crippen molar-refractivity contribution in [1.82, 2.24) is 0 Å². The Hall–Kier alpha value is -3.19. The van der Waals surface area contributed by atoms with E-state index in [1.54, 1.807) is 56.5 Å². The van der Waals surface area contributed by atoms with Gasteiger partial charge in [0.25, 0.3) is 0 Å². The van der Waals surface area contributed by atoms with Gasteiger partial charge in [0, 0.05) is 5.56 Å². The summed E-state index contributed by atoms with van der Waals surface area (Å²) < 4.78 is 10.2. The molecule has 1 aliphatic rings. The number of aliphatic hydroxyl groups is 1. The van der Waals surface area contributed by atoms with E-state index in [-0.39, 0.29) is 23.7 Å². The van der Waals surface area contributed by atoms with E-state index < -0.39 is 5.97 Å². The van der Waals surface area contributed by atoms with Crippen LogP contribution in [0, 0.1) is 6.92 Å². The molecule has 0 saturated heterocycles. The number of benzene rings is 2. The zero-order valence-corrected chi connectivity index (χ0v) is 17.1. The smallest absolute Gasteiger partial charge is 0.344 e. The molecule has 0 fully saturated rings. The Morgan fingerprint density at radius 3 is 2.52 bits per heavy atom. The topological polar surface area (TPSA) is 88.4 Å². The maximum absolute atomic E-state index is 12.4. The summed E-state index contributed by atoms with van der Waals surface area (Å²) in [6.07, 6.45) is 1.62. The second-order valence-electron chi connectivity index (χ2n) is 6.23. The van der Waals surface area contributed by atoms with E-state index in [1.807, 2.05) is 13.0 Å². The molecule has 2 aromatic carbocycles. The number of phenolic OH excluding ortho intramolecular Hbond substituents is 1. The molecule has 0 atom stereocenters. The minimum Gasteiger partial charge on any atom is -0.507 e. The fraction of sp³-hybridized carbons (Fsp3) is 0.182. The van der Waals surface area contributed by atoms with Gasteiger partial charge in [-0.05, 0) is 55.8 Å². The number of thioether (sulfide) groups is 1. The second-order valence-corrected chi connectivity index (χ2v) is 7.26. The predicted molar refractivity (Wildman–Crippen MR) is 115 cm³/mol. The highest BCUT2D eigenvalue weighted by molar-refractivity contribution is 8.18. The predicted octanol–water partition coefficient (Wildman–Crippen LogP) is 4.90. The van der Waals surface area contributed by atoms with Crippen molar-refractivity contribution in [3.8, 4) is 11.5 Å². The first kappa shape index (κ1) is 20.5. The van der Waals surface area contributed by atoms with Crippen molar-refractivity contribution in [1.29, 1.82) is 0 Å². The first-order chi connectivity index (χ1) is 13.9. The molecule has 0 radical (unpaired) electrons. The molecule has 2 aromatic rings. The number of hydrogen-bond donors (Lipinski definition) is 2. The summed E-state index contributed by atoms with van der Waals surface area (Å²) in [7, 11) is 1.57. The third-order valence-electron chi connectivity index (χ3n) is 4.15. The molecule has 1 heterocycles. The molecule has 29 heavy (non-hydrogen) atoms. The number of ether oxygens (including phenoxy) is 2. The Morgan fingerprint density at radius 1 is 1.17 bits per heavy atom. The largest absolute Gasteiger partial charge is 0.507 e. The molecule has 0 amide bonds. The van der Waals surface area contributed by atoms with Gasteiger partial charge in [0.1, 0.15) is 27.9 Å². The van der Waals surface area contributed by atoms with Crippen molar-refractivity contribution >= 4 is 34.5 Å². The van der Waals surface area contributed by atoms with E-state index in [2.05, 4.69) is 4.99 Å². The molecular weight excluding hydrogens is 390 g/mol. The highest BCUT2D eigenvalue weighted by Crippen LogP contribution is 2.41. The molecule has 0 bridgehead atoms. The Bertz CT molecular complexity index is 1020. The number of carbonyl (C=O) groups excluding carboxylic acids is 1. The zero-order chi connectivity index (χ0) is 21.0. The average molecular weight is 411 g/mol. The lowest BCUT2D eigenvalue weighted by atomic mass is 10.1. The molecular formula is C22H21NO5S. The fourth-order valence-corrected chi connectivity index (χ4v) is 3.71. The highest BCUT2D eigenvalue weighted by atomic mass is 32.2. The number of carbonyl (C=O) groups is 1. The fourth-order valence-electron chi connectivity index (χ4n) is 2.68. The van der Waals surface area contributed by atoms with Crippen LogP contribution in [0.2, 0.25) is 0 Å². The van der Waals surface area contributed by atoms with Crippen molar-refractivity contribution in [2.45, 2.75) is 13.8 Å². The van der Waals surface area contributed by atoms with Crippen molar-refractivity contribution in [3.63, 3.8) is 0 Å². The molecule has 0 unspecified atom stereocenters. The van der Waals surface area contributed by atoms with Crippen LogP contribution in [-0.4, -0.2) is 34.9 Å². The van der Waals surface area contributed by atoms with Gasteiger partial charge in [0.15, 0.2) is 0 Å². The Balaban J connectivity index is 2.03. The first-order valence-electron chi connectivity index (χ1n) is 8.96. The van der Waals surface area contributed by atoms with Gasteiger partial charge < -0.3 is 19.7 Å². The lowest BCUT2D eigenvalue weighted by molar-refractivity contribution is -0.138. The number of methoxy groups -OCH3 is 1. The average Bonchev–Trinajstić information content (AvgIpc) is 2.99. The molecule has 3 rings (SSSR count). The number of hydrogen-bond acceptors (Lipinski definition) is 7. The standard InChI is InChI=1S/C22H21NO5S/c1-4-28-22(26)19-20(25)18(12-14-6-5-13(2)11-17(14)24)29-21(19)23-15-7-9-16(27-3)10-8-15/h5-12,24-25H,4H2,1-3H3/b18-12+,23-21?. The molecule has 6 nitrogen and oxygen atoms in total. The second kappa shape index (κ2) is 8.87. The summed E-state index contributed by atoms with van der Waals surface area (Å²) in [5.74, 6) is -0.0986. The maximum Gasteiger partial charge on any atom is 0.344 e.